The maximum Gasteiger partial charge on any atom is 0.231 e. The minimum Gasteiger partial charge on any atom is -0.497 e. The third kappa shape index (κ3) is 3.92. The van der Waals surface area contributed by atoms with Crippen LogP contribution in [0.2, 0.25) is 0 Å². The maximum absolute atomic E-state index is 11.2. The van der Waals surface area contributed by atoms with Gasteiger partial charge in [0.25, 0.3) is 0 Å². The lowest BCUT2D eigenvalue weighted by Crippen LogP contribution is -2.40. The fourth-order valence-electron chi connectivity index (χ4n) is 3.28. The quantitative estimate of drug-likeness (QED) is 0.917. The van der Waals surface area contributed by atoms with E-state index in [2.05, 4.69) is 11.0 Å². The van der Waals surface area contributed by atoms with E-state index in [-0.39, 0.29) is 5.91 Å². The van der Waals surface area contributed by atoms with E-state index in [1.807, 2.05) is 36.4 Å². The summed E-state index contributed by atoms with van der Waals surface area (Å²) in [7, 11) is 1.66. The van der Waals surface area contributed by atoms with Gasteiger partial charge in [0.1, 0.15) is 5.75 Å². The van der Waals surface area contributed by atoms with Crippen molar-refractivity contribution in [3.05, 3.63) is 48.2 Å². The van der Waals surface area contributed by atoms with Crippen molar-refractivity contribution in [1.29, 1.82) is 0 Å². The van der Waals surface area contributed by atoms with Gasteiger partial charge in [-0.15, -0.1) is 0 Å². The monoisotopic (exact) mass is 325 g/mol. The molecule has 2 aromatic rings. The number of nitrogens with zero attached hydrogens (tertiary/aromatic N) is 2. The van der Waals surface area contributed by atoms with Crippen LogP contribution in [-0.4, -0.2) is 42.5 Å². The molecule has 126 valence electrons. The fourth-order valence-corrected chi connectivity index (χ4v) is 3.28. The van der Waals surface area contributed by atoms with Gasteiger partial charge in [0.05, 0.1) is 19.3 Å². The molecule has 5 nitrogen and oxygen atoms in total. The molecule has 2 N–H and O–H groups in total. The summed E-state index contributed by atoms with van der Waals surface area (Å²) in [6, 6.07) is 14.1. The number of ether oxygens (including phenoxy) is 1. The second kappa shape index (κ2) is 7.45. The third-order valence-electron chi connectivity index (χ3n) is 4.44. The molecule has 0 bridgehead atoms. The standard InChI is InChI=1S/C19H23N3O2/c1-24-16-7-2-5-14(11-16)17-8-3-9-18(21-17)15-6-4-10-22(12-15)13-19(20)23/h2-3,5,7-9,11,15H,4,6,10,12-13H2,1H3,(H2,20,23)/t15-/m1/s1. The molecule has 2 heterocycles. The molecule has 1 amide bonds. The van der Waals surface area contributed by atoms with Crippen LogP contribution >= 0.6 is 0 Å². The molecule has 1 atom stereocenters. The molecule has 1 fully saturated rings. The Morgan fingerprint density at radius 1 is 1.33 bits per heavy atom. The van der Waals surface area contributed by atoms with Crippen LogP contribution < -0.4 is 10.5 Å². The van der Waals surface area contributed by atoms with Crippen LogP contribution in [0.1, 0.15) is 24.5 Å². The first kappa shape index (κ1) is 16.5. The summed E-state index contributed by atoms with van der Waals surface area (Å²) in [5.41, 5.74) is 8.39. The van der Waals surface area contributed by atoms with Crippen molar-refractivity contribution in [2.45, 2.75) is 18.8 Å². The number of piperidine rings is 1. The molecule has 1 aliphatic rings. The smallest absolute Gasteiger partial charge is 0.231 e. The number of hydrogen-bond acceptors (Lipinski definition) is 4. The van der Waals surface area contributed by atoms with E-state index in [0.29, 0.717) is 12.5 Å². The van der Waals surface area contributed by atoms with E-state index >= 15 is 0 Å². The summed E-state index contributed by atoms with van der Waals surface area (Å²) in [5.74, 6) is 0.891. The average Bonchev–Trinajstić information content (AvgIpc) is 2.61. The van der Waals surface area contributed by atoms with Crippen molar-refractivity contribution in [3.8, 4) is 17.0 Å². The predicted octanol–water partition coefficient (Wildman–Crippen LogP) is 2.42. The Balaban J connectivity index is 1.80. The molecule has 0 spiro atoms. The zero-order valence-corrected chi connectivity index (χ0v) is 13.9. The molecular formula is C19H23N3O2. The summed E-state index contributed by atoms with van der Waals surface area (Å²) < 4.78 is 5.30. The third-order valence-corrected chi connectivity index (χ3v) is 4.44. The van der Waals surface area contributed by atoms with Gasteiger partial charge in [0, 0.05) is 23.7 Å². The molecule has 24 heavy (non-hydrogen) atoms. The Kier molecular flexibility index (Phi) is 5.11. The highest BCUT2D eigenvalue weighted by Crippen LogP contribution is 2.28. The highest BCUT2D eigenvalue weighted by Gasteiger charge is 2.23. The molecule has 1 aromatic heterocycles. The molecular weight excluding hydrogens is 302 g/mol. The number of nitrogens with two attached hydrogens (primary N) is 1. The first-order valence-corrected chi connectivity index (χ1v) is 8.28. The van der Waals surface area contributed by atoms with Gasteiger partial charge in [-0.25, -0.2) is 0 Å². The normalized spacial score (nSPS) is 18.3. The lowest BCUT2D eigenvalue weighted by atomic mass is 9.94. The number of rotatable bonds is 5. The van der Waals surface area contributed by atoms with Crippen LogP contribution in [0.5, 0.6) is 5.75 Å². The van der Waals surface area contributed by atoms with Gasteiger partial charge in [-0.1, -0.05) is 18.2 Å². The van der Waals surface area contributed by atoms with Gasteiger partial charge < -0.3 is 10.5 Å². The Labute approximate surface area is 142 Å². The lowest BCUT2D eigenvalue weighted by molar-refractivity contribution is -0.119. The van der Waals surface area contributed by atoms with Crippen molar-refractivity contribution in [2.75, 3.05) is 26.7 Å². The Morgan fingerprint density at radius 2 is 2.17 bits per heavy atom. The molecule has 3 rings (SSSR count). The van der Waals surface area contributed by atoms with Crippen molar-refractivity contribution in [1.82, 2.24) is 9.88 Å². The van der Waals surface area contributed by atoms with Crippen LogP contribution in [0.15, 0.2) is 42.5 Å². The lowest BCUT2D eigenvalue weighted by Gasteiger charge is -2.31. The van der Waals surface area contributed by atoms with Gasteiger partial charge in [-0.3, -0.25) is 14.7 Å². The molecule has 5 heteroatoms. The molecule has 1 aromatic carbocycles. The molecule has 1 aliphatic heterocycles. The summed E-state index contributed by atoms with van der Waals surface area (Å²) in [5, 5.41) is 0. The Hall–Kier alpha value is -2.40. The number of carbonyl (C=O) groups excluding carboxylic acids is 1. The maximum atomic E-state index is 11.2. The zero-order chi connectivity index (χ0) is 16.9. The van der Waals surface area contributed by atoms with Crippen molar-refractivity contribution in [3.63, 3.8) is 0 Å². The summed E-state index contributed by atoms with van der Waals surface area (Å²) in [4.78, 5) is 18.1. The molecule has 0 aliphatic carbocycles. The summed E-state index contributed by atoms with van der Waals surface area (Å²) in [6.45, 7) is 2.08. The molecule has 0 saturated carbocycles. The highest BCUT2D eigenvalue weighted by molar-refractivity contribution is 5.75. The van der Waals surface area contributed by atoms with E-state index in [1.54, 1.807) is 7.11 Å². The summed E-state index contributed by atoms with van der Waals surface area (Å²) >= 11 is 0. The first-order chi connectivity index (χ1) is 11.7. The van der Waals surface area contributed by atoms with Crippen molar-refractivity contribution in [2.24, 2.45) is 5.73 Å². The predicted molar refractivity (Wildman–Crippen MR) is 93.8 cm³/mol. The van der Waals surface area contributed by atoms with Gasteiger partial charge >= 0.3 is 0 Å². The average molecular weight is 325 g/mol. The minimum absolute atomic E-state index is 0.270. The number of amides is 1. The topological polar surface area (TPSA) is 68.5 Å². The number of carbonyl (C=O) groups is 1. The van der Waals surface area contributed by atoms with E-state index in [0.717, 1.165) is 48.6 Å². The van der Waals surface area contributed by atoms with E-state index in [9.17, 15) is 4.79 Å². The van der Waals surface area contributed by atoms with Gasteiger partial charge in [-0.2, -0.15) is 0 Å². The number of benzene rings is 1. The summed E-state index contributed by atoms with van der Waals surface area (Å²) in [6.07, 6.45) is 2.15. The van der Waals surface area contributed by atoms with E-state index in [4.69, 9.17) is 15.5 Å². The molecule has 0 radical (unpaired) electrons. The zero-order valence-electron chi connectivity index (χ0n) is 13.9. The van der Waals surface area contributed by atoms with Crippen LogP contribution in [0.3, 0.4) is 0 Å². The fraction of sp³-hybridized carbons (Fsp3) is 0.368. The van der Waals surface area contributed by atoms with Crippen LogP contribution in [0.4, 0.5) is 0 Å². The second-order valence-corrected chi connectivity index (χ2v) is 6.22. The largest absolute Gasteiger partial charge is 0.497 e. The highest BCUT2D eigenvalue weighted by atomic mass is 16.5. The van der Waals surface area contributed by atoms with Crippen molar-refractivity contribution < 1.29 is 9.53 Å². The number of aromatic nitrogens is 1. The Morgan fingerprint density at radius 3 is 2.96 bits per heavy atom. The molecule has 0 unspecified atom stereocenters. The number of pyridine rings is 1. The van der Waals surface area contributed by atoms with Crippen LogP contribution in [-0.2, 0) is 4.79 Å². The second-order valence-electron chi connectivity index (χ2n) is 6.22. The number of primary amides is 1. The Bertz CT molecular complexity index is 717. The van der Waals surface area contributed by atoms with Crippen molar-refractivity contribution >= 4 is 5.91 Å². The number of methoxy groups -OCH3 is 1. The SMILES string of the molecule is COc1cccc(-c2cccc([C@@H]3CCCN(CC(N)=O)C3)n2)c1. The minimum atomic E-state index is -0.270. The van der Waals surface area contributed by atoms with Crippen LogP contribution in [0, 0.1) is 0 Å². The van der Waals surface area contributed by atoms with Gasteiger partial charge in [0.2, 0.25) is 5.91 Å². The number of likely N-dealkylation sites (tertiary alicyclic amines) is 1. The van der Waals surface area contributed by atoms with E-state index in [1.165, 1.54) is 0 Å². The molecule has 1 saturated heterocycles. The van der Waals surface area contributed by atoms with E-state index < -0.39 is 0 Å². The number of hydrogen-bond donors (Lipinski definition) is 1. The van der Waals surface area contributed by atoms with Gasteiger partial charge in [0.15, 0.2) is 0 Å². The van der Waals surface area contributed by atoms with Crippen LogP contribution in [0.25, 0.3) is 11.3 Å². The first-order valence-electron chi connectivity index (χ1n) is 8.28. The van der Waals surface area contributed by atoms with Gasteiger partial charge in [-0.05, 0) is 43.7 Å².